The van der Waals surface area contributed by atoms with Crippen LogP contribution >= 0.6 is 0 Å². The maximum absolute atomic E-state index is 11.6. The molecule has 78 valence electrons. The molecule has 0 aliphatic rings. The van der Waals surface area contributed by atoms with E-state index >= 15 is 0 Å². The van der Waals surface area contributed by atoms with Gasteiger partial charge < -0.3 is 15.7 Å². The molecule has 0 heterocycles. The number of hydrogen-bond acceptors (Lipinski definition) is 3. The van der Waals surface area contributed by atoms with Crippen molar-refractivity contribution in [3.63, 3.8) is 0 Å². The van der Waals surface area contributed by atoms with Gasteiger partial charge in [0.05, 0.1) is 6.61 Å². The molecule has 0 aromatic rings. The molecular formula is C6H11F3N2O2. The SMILES string of the molecule is CC(COCC(F)(F)F)/C(N)=N/O. The summed E-state index contributed by atoms with van der Waals surface area (Å²) in [5, 5.41) is 10.8. The molecule has 1 atom stereocenters. The fourth-order valence-electron chi connectivity index (χ4n) is 0.535. The van der Waals surface area contributed by atoms with Crippen molar-refractivity contribution in [2.45, 2.75) is 13.1 Å². The zero-order chi connectivity index (χ0) is 10.5. The molecule has 0 aromatic heterocycles. The van der Waals surface area contributed by atoms with Gasteiger partial charge in [-0.1, -0.05) is 12.1 Å². The van der Waals surface area contributed by atoms with Gasteiger partial charge in [-0.25, -0.2) is 0 Å². The highest BCUT2D eigenvalue weighted by Gasteiger charge is 2.27. The third kappa shape index (κ3) is 6.21. The van der Waals surface area contributed by atoms with E-state index in [1.807, 2.05) is 0 Å². The summed E-state index contributed by atoms with van der Waals surface area (Å²) in [4.78, 5) is 0. The normalized spacial score (nSPS) is 15.8. The summed E-state index contributed by atoms with van der Waals surface area (Å²) in [5.41, 5.74) is 5.11. The first-order chi connectivity index (χ1) is 5.87. The summed E-state index contributed by atoms with van der Waals surface area (Å²) in [6.07, 6.45) is -4.34. The molecule has 1 unspecified atom stereocenters. The molecule has 0 amide bonds. The largest absolute Gasteiger partial charge is 0.411 e. The van der Waals surface area contributed by atoms with E-state index in [-0.39, 0.29) is 12.4 Å². The van der Waals surface area contributed by atoms with Crippen LogP contribution in [-0.2, 0) is 4.74 Å². The van der Waals surface area contributed by atoms with E-state index in [4.69, 9.17) is 10.9 Å². The second-order valence-electron chi connectivity index (χ2n) is 2.56. The van der Waals surface area contributed by atoms with Crippen molar-refractivity contribution in [3.8, 4) is 0 Å². The minimum Gasteiger partial charge on any atom is -0.409 e. The Kier molecular flexibility index (Phi) is 4.53. The van der Waals surface area contributed by atoms with Gasteiger partial charge in [-0.3, -0.25) is 0 Å². The highest BCUT2D eigenvalue weighted by atomic mass is 19.4. The first-order valence-electron chi connectivity index (χ1n) is 3.48. The topological polar surface area (TPSA) is 67.8 Å². The summed E-state index contributed by atoms with van der Waals surface area (Å²) in [6, 6.07) is 0. The number of ether oxygens (including phenoxy) is 1. The Bertz CT molecular complexity index is 181. The molecule has 0 aliphatic heterocycles. The van der Waals surface area contributed by atoms with Crippen LogP contribution in [-0.4, -0.2) is 30.4 Å². The van der Waals surface area contributed by atoms with Crippen LogP contribution in [0.5, 0.6) is 0 Å². The number of nitrogens with zero attached hydrogens (tertiary/aromatic N) is 1. The van der Waals surface area contributed by atoms with Gasteiger partial charge in [0.25, 0.3) is 0 Å². The first kappa shape index (κ1) is 12.0. The van der Waals surface area contributed by atoms with E-state index in [2.05, 4.69) is 9.89 Å². The van der Waals surface area contributed by atoms with Crippen molar-refractivity contribution in [1.29, 1.82) is 0 Å². The van der Waals surface area contributed by atoms with E-state index in [1.54, 1.807) is 0 Å². The van der Waals surface area contributed by atoms with Crippen molar-refractivity contribution in [2.24, 2.45) is 16.8 Å². The van der Waals surface area contributed by atoms with Crippen molar-refractivity contribution < 1.29 is 23.1 Å². The van der Waals surface area contributed by atoms with Crippen LogP contribution in [0.3, 0.4) is 0 Å². The third-order valence-corrected chi connectivity index (χ3v) is 1.25. The lowest BCUT2D eigenvalue weighted by atomic mass is 10.2. The molecule has 4 nitrogen and oxygen atoms in total. The highest BCUT2D eigenvalue weighted by molar-refractivity contribution is 5.81. The van der Waals surface area contributed by atoms with Gasteiger partial charge in [-0.05, 0) is 0 Å². The lowest BCUT2D eigenvalue weighted by Gasteiger charge is -2.11. The van der Waals surface area contributed by atoms with Gasteiger partial charge in [0.1, 0.15) is 12.4 Å². The maximum Gasteiger partial charge on any atom is 0.411 e. The Balaban J connectivity index is 3.66. The van der Waals surface area contributed by atoms with E-state index in [0.717, 1.165) is 0 Å². The predicted octanol–water partition coefficient (Wildman–Crippen LogP) is 0.948. The summed E-state index contributed by atoms with van der Waals surface area (Å²) < 4.78 is 38.9. The molecule has 0 aliphatic carbocycles. The molecule has 7 heteroatoms. The summed E-state index contributed by atoms with van der Waals surface area (Å²) >= 11 is 0. The van der Waals surface area contributed by atoms with Crippen LogP contribution in [0.25, 0.3) is 0 Å². The second-order valence-corrected chi connectivity index (χ2v) is 2.56. The fraction of sp³-hybridized carbons (Fsp3) is 0.833. The van der Waals surface area contributed by atoms with Crippen molar-refractivity contribution >= 4 is 5.84 Å². The molecule has 0 saturated carbocycles. The number of amidine groups is 1. The number of nitrogens with two attached hydrogens (primary N) is 1. The molecule has 0 bridgehead atoms. The van der Waals surface area contributed by atoms with Crippen molar-refractivity contribution in [3.05, 3.63) is 0 Å². The number of hydrogen-bond donors (Lipinski definition) is 2. The summed E-state index contributed by atoms with van der Waals surface area (Å²) in [6.45, 7) is -0.0587. The second kappa shape index (κ2) is 4.90. The predicted molar refractivity (Wildman–Crippen MR) is 39.4 cm³/mol. The standard InChI is InChI=1S/C6H11F3N2O2/c1-4(5(10)11-12)2-13-3-6(7,8)9/h4,12H,2-3H2,1H3,(H2,10,11). The number of rotatable bonds is 4. The number of alkyl halides is 3. The van der Waals surface area contributed by atoms with E-state index in [0.29, 0.717) is 0 Å². The van der Waals surface area contributed by atoms with Gasteiger partial charge in [0.2, 0.25) is 0 Å². The van der Waals surface area contributed by atoms with Gasteiger partial charge in [-0.2, -0.15) is 13.2 Å². The zero-order valence-electron chi connectivity index (χ0n) is 7.01. The summed E-state index contributed by atoms with van der Waals surface area (Å²) in [5.74, 6) is -0.686. The minimum atomic E-state index is -4.34. The Morgan fingerprint density at radius 1 is 1.62 bits per heavy atom. The molecule has 13 heavy (non-hydrogen) atoms. The minimum absolute atomic E-state index is 0.151. The van der Waals surface area contributed by atoms with Crippen molar-refractivity contribution in [1.82, 2.24) is 0 Å². The molecule has 0 saturated heterocycles. The lowest BCUT2D eigenvalue weighted by molar-refractivity contribution is -0.175. The Hall–Kier alpha value is -0.980. The van der Waals surface area contributed by atoms with Crippen LogP contribution in [0.2, 0.25) is 0 Å². The van der Waals surface area contributed by atoms with Crippen LogP contribution < -0.4 is 5.73 Å². The Morgan fingerprint density at radius 3 is 2.54 bits per heavy atom. The first-order valence-corrected chi connectivity index (χ1v) is 3.48. The molecule has 3 N–H and O–H groups in total. The molecular weight excluding hydrogens is 189 g/mol. The Morgan fingerprint density at radius 2 is 2.15 bits per heavy atom. The highest BCUT2D eigenvalue weighted by Crippen LogP contribution is 2.14. The summed E-state index contributed by atoms with van der Waals surface area (Å²) in [7, 11) is 0. The van der Waals surface area contributed by atoms with E-state index in [1.165, 1.54) is 6.92 Å². The van der Waals surface area contributed by atoms with Crippen LogP contribution in [0.15, 0.2) is 5.16 Å². The lowest BCUT2D eigenvalue weighted by Crippen LogP contribution is -2.27. The monoisotopic (exact) mass is 200 g/mol. The molecule has 0 radical (unpaired) electrons. The zero-order valence-corrected chi connectivity index (χ0v) is 7.01. The number of oxime groups is 1. The van der Waals surface area contributed by atoms with Gasteiger partial charge in [0, 0.05) is 5.92 Å². The molecule has 0 fully saturated rings. The van der Waals surface area contributed by atoms with Crippen LogP contribution in [0.1, 0.15) is 6.92 Å². The van der Waals surface area contributed by atoms with Crippen LogP contribution in [0, 0.1) is 5.92 Å². The van der Waals surface area contributed by atoms with Gasteiger partial charge >= 0.3 is 6.18 Å². The molecule has 0 aromatic carbocycles. The fourth-order valence-corrected chi connectivity index (χ4v) is 0.535. The van der Waals surface area contributed by atoms with E-state index < -0.39 is 18.7 Å². The molecule has 0 spiro atoms. The third-order valence-electron chi connectivity index (χ3n) is 1.25. The van der Waals surface area contributed by atoms with Gasteiger partial charge in [-0.15, -0.1) is 0 Å². The quantitative estimate of drug-likeness (QED) is 0.307. The number of halogens is 3. The van der Waals surface area contributed by atoms with Gasteiger partial charge in [0.15, 0.2) is 0 Å². The average Bonchev–Trinajstić information content (AvgIpc) is 2.00. The smallest absolute Gasteiger partial charge is 0.409 e. The van der Waals surface area contributed by atoms with Crippen molar-refractivity contribution in [2.75, 3.05) is 13.2 Å². The Labute approximate surface area is 73.2 Å². The van der Waals surface area contributed by atoms with E-state index in [9.17, 15) is 13.2 Å². The molecule has 0 rings (SSSR count). The average molecular weight is 200 g/mol. The maximum atomic E-state index is 11.6. The van der Waals surface area contributed by atoms with Crippen LogP contribution in [0.4, 0.5) is 13.2 Å².